The van der Waals surface area contributed by atoms with Crippen LogP contribution >= 0.6 is 0 Å². The molecule has 1 aromatic heterocycles. The van der Waals surface area contributed by atoms with Crippen LogP contribution in [0.2, 0.25) is 0 Å². The molecule has 0 radical (unpaired) electrons. The number of hydrogen-bond donors (Lipinski definition) is 1. The van der Waals surface area contributed by atoms with Crippen molar-refractivity contribution in [1.82, 2.24) is 15.1 Å². The van der Waals surface area contributed by atoms with E-state index in [2.05, 4.69) is 10.2 Å². The molecule has 0 spiro atoms. The molecule has 1 N–H and O–H groups in total. The van der Waals surface area contributed by atoms with Crippen LogP contribution in [0.1, 0.15) is 31.4 Å². The van der Waals surface area contributed by atoms with E-state index in [9.17, 15) is 4.79 Å². The summed E-state index contributed by atoms with van der Waals surface area (Å²) in [5.41, 5.74) is 0. The Morgan fingerprint density at radius 1 is 1.24 bits per heavy atom. The molecule has 140 valence electrons. The molecule has 7 heteroatoms. The largest absolute Gasteiger partial charge is 0.465 e. The van der Waals surface area contributed by atoms with Crippen LogP contribution in [0.4, 0.5) is 4.79 Å². The number of nitrogens with one attached hydrogen (secondary N) is 1. The average Bonchev–Trinajstić information content (AvgIpc) is 3.01. The second-order valence-corrected chi connectivity index (χ2v) is 6.96. The van der Waals surface area contributed by atoms with E-state index >= 15 is 0 Å². The Hall–Kier alpha value is -1.57. The quantitative estimate of drug-likeness (QED) is 0.896. The second-order valence-electron chi connectivity index (χ2n) is 6.96. The van der Waals surface area contributed by atoms with Crippen LogP contribution < -0.4 is 5.32 Å². The van der Waals surface area contributed by atoms with Crippen molar-refractivity contribution in [3.05, 3.63) is 23.7 Å². The van der Waals surface area contributed by atoms with Gasteiger partial charge in [0.05, 0.1) is 31.5 Å². The van der Waals surface area contributed by atoms with Gasteiger partial charge in [-0.3, -0.25) is 4.90 Å². The van der Waals surface area contributed by atoms with Crippen molar-refractivity contribution < 1.29 is 18.7 Å². The summed E-state index contributed by atoms with van der Waals surface area (Å²) in [7, 11) is 0. The zero-order valence-electron chi connectivity index (χ0n) is 15.4. The minimum Gasteiger partial charge on any atom is -0.465 e. The van der Waals surface area contributed by atoms with Crippen molar-refractivity contribution >= 4 is 6.03 Å². The summed E-state index contributed by atoms with van der Waals surface area (Å²) in [6.45, 7) is 10.8. The zero-order chi connectivity index (χ0) is 17.8. The van der Waals surface area contributed by atoms with Gasteiger partial charge in [-0.25, -0.2) is 4.79 Å². The van der Waals surface area contributed by atoms with Crippen molar-refractivity contribution in [3.63, 3.8) is 0 Å². The maximum Gasteiger partial charge on any atom is 0.317 e. The Bertz CT molecular complexity index is 560. The molecule has 0 aromatic carbocycles. The van der Waals surface area contributed by atoms with Gasteiger partial charge >= 0.3 is 6.03 Å². The van der Waals surface area contributed by atoms with Gasteiger partial charge < -0.3 is 24.1 Å². The average molecular weight is 351 g/mol. The lowest BCUT2D eigenvalue weighted by Gasteiger charge is -2.37. The number of rotatable bonds is 4. The van der Waals surface area contributed by atoms with Crippen molar-refractivity contribution in [3.8, 4) is 0 Å². The molecule has 3 unspecified atom stereocenters. The summed E-state index contributed by atoms with van der Waals surface area (Å²) >= 11 is 0. The highest BCUT2D eigenvalue weighted by Crippen LogP contribution is 2.23. The number of urea groups is 1. The molecular weight excluding hydrogens is 322 g/mol. The molecular formula is C18H29N3O4. The van der Waals surface area contributed by atoms with Gasteiger partial charge in [0, 0.05) is 32.7 Å². The van der Waals surface area contributed by atoms with E-state index in [-0.39, 0.29) is 24.3 Å². The van der Waals surface area contributed by atoms with Gasteiger partial charge in [-0.2, -0.15) is 0 Å². The molecule has 2 saturated heterocycles. The van der Waals surface area contributed by atoms with E-state index in [0.29, 0.717) is 32.8 Å². The van der Waals surface area contributed by atoms with Crippen molar-refractivity contribution in [2.45, 2.75) is 39.0 Å². The molecule has 2 aliphatic rings. The van der Waals surface area contributed by atoms with Crippen LogP contribution in [0, 0.1) is 6.92 Å². The van der Waals surface area contributed by atoms with Crippen LogP contribution in [0.15, 0.2) is 16.5 Å². The highest BCUT2D eigenvalue weighted by atomic mass is 16.5. The monoisotopic (exact) mass is 351 g/mol. The third-order valence-corrected chi connectivity index (χ3v) is 4.73. The molecule has 1 aromatic rings. The predicted molar refractivity (Wildman–Crippen MR) is 93.6 cm³/mol. The molecule has 3 rings (SSSR count). The summed E-state index contributed by atoms with van der Waals surface area (Å²) in [4.78, 5) is 16.7. The van der Waals surface area contributed by atoms with Crippen molar-refractivity contribution in [2.24, 2.45) is 0 Å². The van der Waals surface area contributed by atoms with Crippen LogP contribution in [0.3, 0.4) is 0 Å². The molecule has 2 aliphatic heterocycles. The molecule has 25 heavy (non-hydrogen) atoms. The number of nitrogens with zero attached hydrogens (tertiary/aromatic N) is 2. The maximum absolute atomic E-state index is 12.6. The second kappa shape index (κ2) is 8.21. The van der Waals surface area contributed by atoms with Gasteiger partial charge in [-0.05, 0) is 32.9 Å². The van der Waals surface area contributed by atoms with Crippen LogP contribution in [0.25, 0.3) is 0 Å². The number of carbonyl (C=O) groups is 1. The van der Waals surface area contributed by atoms with E-state index in [1.54, 1.807) is 0 Å². The maximum atomic E-state index is 12.6. The standard InChI is InChI=1S/C18H29N3O4/c1-13-4-5-17(25-13)16(20-6-8-23-9-7-20)10-19-18(22)21-11-14(2)24-15(3)12-21/h4-5,14-16H,6-12H2,1-3H3,(H,19,22). The normalized spacial score (nSPS) is 26.4. The predicted octanol–water partition coefficient (Wildman–Crippen LogP) is 1.78. The number of carbonyl (C=O) groups excluding carboxylic acids is 1. The van der Waals surface area contributed by atoms with Gasteiger partial charge in [0.15, 0.2) is 0 Å². The molecule has 3 heterocycles. The number of amides is 2. The Morgan fingerprint density at radius 3 is 2.52 bits per heavy atom. The van der Waals surface area contributed by atoms with E-state index in [1.807, 2.05) is 37.8 Å². The van der Waals surface area contributed by atoms with E-state index in [1.165, 1.54) is 0 Å². The number of furan rings is 1. The first-order valence-corrected chi connectivity index (χ1v) is 9.09. The third-order valence-electron chi connectivity index (χ3n) is 4.73. The summed E-state index contributed by atoms with van der Waals surface area (Å²) in [6.07, 6.45) is 0.134. The smallest absolute Gasteiger partial charge is 0.317 e. The van der Waals surface area contributed by atoms with Crippen molar-refractivity contribution in [1.29, 1.82) is 0 Å². The zero-order valence-corrected chi connectivity index (χ0v) is 15.4. The minimum atomic E-state index is -0.0384. The Balaban J connectivity index is 1.62. The topological polar surface area (TPSA) is 67.2 Å². The summed E-state index contributed by atoms with van der Waals surface area (Å²) < 4.78 is 17.0. The molecule has 7 nitrogen and oxygen atoms in total. The fraction of sp³-hybridized carbons (Fsp3) is 0.722. The number of aryl methyl sites for hydroxylation is 1. The van der Waals surface area contributed by atoms with E-state index < -0.39 is 0 Å². The Kier molecular flexibility index (Phi) is 5.98. The summed E-state index contributed by atoms with van der Waals surface area (Å²) in [5.74, 6) is 1.78. The molecule has 2 amide bonds. The molecule has 0 saturated carbocycles. The van der Waals surface area contributed by atoms with E-state index in [4.69, 9.17) is 13.9 Å². The number of morpholine rings is 2. The first-order chi connectivity index (χ1) is 12.0. The van der Waals surface area contributed by atoms with Gasteiger partial charge in [-0.15, -0.1) is 0 Å². The van der Waals surface area contributed by atoms with Crippen LogP contribution in [-0.2, 0) is 9.47 Å². The Morgan fingerprint density at radius 2 is 1.92 bits per heavy atom. The van der Waals surface area contributed by atoms with Gasteiger partial charge in [-0.1, -0.05) is 0 Å². The van der Waals surface area contributed by atoms with Crippen LogP contribution in [0.5, 0.6) is 0 Å². The summed E-state index contributed by atoms with van der Waals surface area (Å²) in [6, 6.07) is 3.96. The third kappa shape index (κ3) is 4.74. The number of hydrogen-bond acceptors (Lipinski definition) is 5. The van der Waals surface area contributed by atoms with Gasteiger partial charge in [0.1, 0.15) is 11.5 Å². The molecule has 3 atom stereocenters. The first kappa shape index (κ1) is 18.2. The lowest BCUT2D eigenvalue weighted by Crippen LogP contribution is -2.53. The van der Waals surface area contributed by atoms with Crippen molar-refractivity contribution in [2.75, 3.05) is 45.9 Å². The SMILES string of the molecule is Cc1ccc(C(CNC(=O)N2CC(C)OC(C)C2)N2CCOCC2)o1. The van der Waals surface area contributed by atoms with Crippen LogP contribution in [-0.4, -0.2) is 74.0 Å². The lowest BCUT2D eigenvalue weighted by atomic mass is 10.1. The van der Waals surface area contributed by atoms with E-state index in [0.717, 1.165) is 24.6 Å². The minimum absolute atomic E-state index is 0.0254. The fourth-order valence-corrected chi connectivity index (χ4v) is 3.57. The first-order valence-electron chi connectivity index (χ1n) is 9.09. The lowest BCUT2D eigenvalue weighted by molar-refractivity contribution is -0.0548. The highest BCUT2D eigenvalue weighted by molar-refractivity contribution is 5.74. The van der Waals surface area contributed by atoms with Gasteiger partial charge in [0.2, 0.25) is 0 Å². The fourth-order valence-electron chi connectivity index (χ4n) is 3.57. The number of ether oxygens (including phenoxy) is 2. The van der Waals surface area contributed by atoms with Gasteiger partial charge in [0.25, 0.3) is 0 Å². The highest BCUT2D eigenvalue weighted by Gasteiger charge is 2.29. The molecule has 2 fully saturated rings. The summed E-state index contributed by atoms with van der Waals surface area (Å²) in [5, 5.41) is 3.09. The molecule has 0 bridgehead atoms. The molecule has 0 aliphatic carbocycles. The Labute approximate surface area is 149 Å².